The number of methoxy groups -OCH3 is 1. The molecule has 0 atom stereocenters. The lowest BCUT2D eigenvalue weighted by molar-refractivity contribution is 0.410. The molecule has 2 aromatic rings. The number of halogens is 1. The number of rotatable bonds is 7. The van der Waals surface area contributed by atoms with Crippen molar-refractivity contribution in [1.29, 1.82) is 0 Å². The van der Waals surface area contributed by atoms with Crippen molar-refractivity contribution >= 4 is 21.6 Å². The van der Waals surface area contributed by atoms with Crippen LogP contribution in [0.15, 0.2) is 48.5 Å². The topological polar surface area (TPSA) is 55.4 Å². The molecule has 0 radical (unpaired) electrons. The van der Waals surface area contributed by atoms with Gasteiger partial charge in [0.15, 0.2) is 0 Å². The highest BCUT2D eigenvalue weighted by Gasteiger charge is 2.36. The van der Waals surface area contributed by atoms with E-state index in [1.807, 2.05) is 12.1 Å². The smallest absolute Gasteiger partial charge is 0.215 e. The van der Waals surface area contributed by atoms with Crippen LogP contribution in [0.25, 0.3) is 0 Å². The molecule has 26 heavy (non-hydrogen) atoms. The van der Waals surface area contributed by atoms with Crippen LogP contribution in [-0.4, -0.2) is 22.1 Å². The van der Waals surface area contributed by atoms with Crippen LogP contribution in [0.1, 0.15) is 36.8 Å². The Morgan fingerprint density at radius 2 is 1.81 bits per heavy atom. The van der Waals surface area contributed by atoms with Crippen molar-refractivity contribution in [3.63, 3.8) is 0 Å². The molecule has 1 aliphatic carbocycles. The standard InChI is InChI=1S/C20H24ClNO3S/c1-25-19-9-7-17(8-10-19)20(11-2-3-12-20)15-22-26(23,24)14-16-5-4-6-18(21)13-16/h4-10,13,22H,2-3,11-12,14-15H2,1H3. The van der Waals surface area contributed by atoms with Crippen molar-refractivity contribution in [1.82, 2.24) is 4.72 Å². The summed E-state index contributed by atoms with van der Waals surface area (Å²) in [4.78, 5) is 0. The molecule has 0 aromatic heterocycles. The maximum Gasteiger partial charge on any atom is 0.215 e. The lowest BCUT2D eigenvalue weighted by atomic mass is 9.79. The number of hydrogen-bond donors (Lipinski definition) is 1. The summed E-state index contributed by atoms with van der Waals surface area (Å²) in [6.07, 6.45) is 4.20. The Bertz CT molecular complexity index is 844. The minimum Gasteiger partial charge on any atom is -0.497 e. The Morgan fingerprint density at radius 1 is 1.12 bits per heavy atom. The molecule has 0 spiro atoms. The van der Waals surface area contributed by atoms with E-state index in [9.17, 15) is 8.42 Å². The van der Waals surface area contributed by atoms with Crippen molar-refractivity contribution in [3.8, 4) is 5.75 Å². The number of benzene rings is 2. The normalized spacial score (nSPS) is 16.5. The van der Waals surface area contributed by atoms with Crippen molar-refractivity contribution in [2.75, 3.05) is 13.7 Å². The van der Waals surface area contributed by atoms with Crippen molar-refractivity contribution in [3.05, 3.63) is 64.7 Å². The Morgan fingerprint density at radius 3 is 2.42 bits per heavy atom. The molecule has 4 nitrogen and oxygen atoms in total. The molecular weight excluding hydrogens is 370 g/mol. The third-order valence-electron chi connectivity index (χ3n) is 5.14. The highest BCUT2D eigenvalue weighted by Crippen LogP contribution is 2.41. The quantitative estimate of drug-likeness (QED) is 0.763. The lowest BCUT2D eigenvalue weighted by Crippen LogP contribution is -2.39. The molecule has 1 saturated carbocycles. The molecule has 0 aliphatic heterocycles. The van der Waals surface area contributed by atoms with Crippen LogP contribution in [0, 0.1) is 0 Å². The van der Waals surface area contributed by atoms with Crippen LogP contribution in [0.3, 0.4) is 0 Å². The molecule has 2 aromatic carbocycles. The minimum absolute atomic E-state index is 0.0632. The van der Waals surface area contributed by atoms with Gasteiger partial charge < -0.3 is 4.74 Å². The molecule has 0 heterocycles. The van der Waals surface area contributed by atoms with Gasteiger partial charge in [0, 0.05) is 17.0 Å². The summed E-state index contributed by atoms with van der Waals surface area (Å²) in [5.74, 6) is 0.745. The van der Waals surface area contributed by atoms with E-state index in [-0.39, 0.29) is 11.2 Å². The van der Waals surface area contributed by atoms with Crippen molar-refractivity contribution < 1.29 is 13.2 Å². The van der Waals surface area contributed by atoms with Gasteiger partial charge in [-0.3, -0.25) is 0 Å². The number of ether oxygens (including phenoxy) is 1. The molecule has 1 aliphatic rings. The minimum atomic E-state index is -3.43. The SMILES string of the molecule is COc1ccc(C2(CNS(=O)(=O)Cc3cccc(Cl)c3)CCCC2)cc1. The van der Waals surface area contributed by atoms with Gasteiger partial charge in [0.2, 0.25) is 10.0 Å². The fraction of sp³-hybridized carbons (Fsp3) is 0.400. The van der Waals surface area contributed by atoms with E-state index < -0.39 is 10.0 Å². The van der Waals surface area contributed by atoms with E-state index in [1.54, 1.807) is 31.4 Å². The largest absolute Gasteiger partial charge is 0.497 e. The Kier molecular flexibility index (Phi) is 5.90. The molecule has 140 valence electrons. The highest BCUT2D eigenvalue weighted by atomic mass is 35.5. The zero-order valence-corrected chi connectivity index (χ0v) is 16.4. The van der Waals surface area contributed by atoms with E-state index in [4.69, 9.17) is 16.3 Å². The fourth-order valence-electron chi connectivity index (χ4n) is 3.71. The van der Waals surface area contributed by atoms with Crippen LogP contribution in [0.4, 0.5) is 0 Å². The average molecular weight is 394 g/mol. The van der Waals surface area contributed by atoms with Gasteiger partial charge in [0.1, 0.15) is 5.75 Å². The van der Waals surface area contributed by atoms with Crippen molar-refractivity contribution in [2.24, 2.45) is 0 Å². The van der Waals surface area contributed by atoms with Gasteiger partial charge in [-0.15, -0.1) is 0 Å². The lowest BCUT2D eigenvalue weighted by Gasteiger charge is -2.30. The number of hydrogen-bond acceptors (Lipinski definition) is 3. The molecule has 3 rings (SSSR count). The second-order valence-corrected chi connectivity index (χ2v) is 9.17. The van der Waals surface area contributed by atoms with Gasteiger partial charge in [0.25, 0.3) is 0 Å². The van der Waals surface area contributed by atoms with Crippen LogP contribution < -0.4 is 9.46 Å². The zero-order valence-electron chi connectivity index (χ0n) is 14.9. The maximum absolute atomic E-state index is 12.6. The van der Waals surface area contributed by atoms with E-state index in [0.717, 1.165) is 31.4 Å². The Balaban J connectivity index is 1.73. The van der Waals surface area contributed by atoms with Crippen molar-refractivity contribution in [2.45, 2.75) is 36.9 Å². The summed E-state index contributed by atoms with van der Waals surface area (Å²) in [6, 6.07) is 15.0. The molecule has 1 N–H and O–H groups in total. The van der Waals surface area contributed by atoms with E-state index in [0.29, 0.717) is 17.1 Å². The summed E-state index contributed by atoms with van der Waals surface area (Å²) < 4.78 is 33.2. The van der Waals surface area contributed by atoms with E-state index in [1.165, 1.54) is 5.56 Å². The summed E-state index contributed by atoms with van der Waals surface area (Å²) in [5, 5.41) is 0.545. The molecular formula is C20H24ClNO3S. The van der Waals surface area contributed by atoms with Gasteiger partial charge in [0.05, 0.1) is 12.9 Å². The second-order valence-electron chi connectivity index (χ2n) is 6.93. The first-order valence-electron chi connectivity index (χ1n) is 8.79. The zero-order chi connectivity index (χ0) is 18.6. The summed E-state index contributed by atoms with van der Waals surface area (Å²) in [5.41, 5.74) is 1.71. The van der Waals surface area contributed by atoms with Gasteiger partial charge in [-0.25, -0.2) is 13.1 Å². The Hall–Kier alpha value is -1.56. The summed E-state index contributed by atoms with van der Waals surface area (Å²) in [6.45, 7) is 0.419. The van der Waals surface area contributed by atoms with Gasteiger partial charge in [-0.2, -0.15) is 0 Å². The monoisotopic (exact) mass is 393 g/mol. The summed E-state index contributed by atoms with van der Waals surface area (Å²) >= 11 is 5.96. The first-order chi connectivity index (χ1) is 12.4. The van der Waals surface area contributed by atoms with Crippen LogP contribution in [-0.2, 0) is 21.2 Å². The molecule has 0 unspecified atom stereocenters. The van der Waals surface area contributed by atoms with Gasteiger partial charge in [-0.05, 0) is 48.2 Å². The molecule has 0 amide bonds. The Labute approximate surface area is 160 Å². The predicted molar refractivity (Wildman–Crippen MR) is 105 cm³/mol. The molecule has 0 saturated heterocycles. The highest BCUT2D eigenvalue weighted by molar-refractivity contribution is 7.88. The van der Waals surface area contributed by atoms with Crippen LogP contribution in [0.2, 0.25) is 5.02 Å². The van der Waals surface area contributed by atoms with E-state index >= 15 is 0 Å². The first-order valence-corrected chi connectivity index (χ1v) is 10.8. The second kappa shape index (κ2) is 7.99. The maximum atomic E-state index is 12.6. The number of sulfonamides is 1. The molecule has 6 heteroatoms. The first kappa shape index (κ1) is 19.2. The van der Waals surface area contributed by atoms with E-state index in [2.05, 4.69) is 16.9 Å². The molecule has 1 fully saturated rings. The van der Waals surface area contributed by atoms with Gasteiger partial charge >= 0.3 is 0 Å². The third-order valence-corrected chi connectivity index (χ3v) is 6.67. The summed E-state index contributed by atoms with van der Waals surface area (Å²) in [7, 11) is -1.79. The van der Waals surface area contributed by atoms with Crippen LogP contribution >= 0.6 is 11.6 Å². The predicted octanol–water partition coefficient (Wildman–Crippen LogP) is 4.28. The van der Waals surface area contributed by atoms with Crippen LogP contribution in [0.5, 0.6) is 5.75 Å². The fourth-order valence-corrected chi connectivity index (χ4v) is 5.14. The van der Waals surface area contributed by atoms with Gasteiger partial charge in [-0.1, -0.05) is 48.7 Å². The average Bonchev–Trinajstić information content (AvgIpc) is 3.10. The number of nitrogens with one attached hydrogen (secondary N) is 1. The molecule has 0 bridgehead atoms. The third kappa shape index (κ3) is 4.58.